The number of carbonyl (C=O) groups excluding carboxylic acids is 2. The molecular formula is C21H23ClN2O7S. The van der Waals surface area contributed by atoms with Gasteiger partial charge in [-0.25, -0.2) is 8.42 Å². The van der Waals surface area contributed by atoms with E-state index in [1.165, 1.54) is 38.5 Å². The molecular weight excluding hydrogens is 460 g/mol. The smallest absolute Gasteiger partial charge is 0.324 e. The first kappa shape index (κ1) is 23.8. The summed E-state index contributed by atoms with van der Waals surface area (Å²) in [6, 6.07) is 9.55. The Bertz CT molecular complexity index is 1090. The molecule has 11 heteroatoms. The molecule has 1 fully saturated rings. The lowest BCUT2D eigenvalue weighted by molar-refractivity contribution is -0.150. The zero-order valence-electron chi connectivity index (χ0n) is 17.5. The molecule has 1 N–H and O–H groups in total. The standard InChI is InChI=1S/C21H23ClN2O7S/c1-29-15-7-10-19(30-2)17(12-15)23-20(25)13-31-21(26)18-4-3-11-24(18)32(27,28)16-8-5-14(22)6-9-16/h5-10,12,18H,3-4,11,13H2,1-2H3,(H,23,25). The summed E-state index contributed by atoms with van der Waals surface area (Å²) in [5.41, 5.74) is 0.348. The Kier molecular flexibility index (Phi) is 7.60. The summed E-state index contributed by atoms with van der Waals surface area (Å²) in [5, 5.41) is 2.99. The summed E-state index contributed by atoms with van der Waals surface area (Å²) >= 11 is 5.83. The molecule has 1 atom stereocenters. The molecule has 2 aromatic carbocycles. The highest BCUT2D eigenvalue weighted by molar-refractivity contribution is 7.89. The number of benzene rings is 2. The highest BCUT2D eigenvalue weighted by Crippen LogP contribution is 2.29. The van der Waals surface area contributed by atoms with E-state index in [2.05, 4.69) is 5.32 Å². The average Bonchev–Trinajstić information content (AvgIpc) is 3.29. The lowest BCUT2D eigenvalue weighted by Gasteiger charge is -2.22. The zero-order valence-corrected chi connectivity index (χ0v) is 19.1. The quantitative estimate of drug-likeness (QED) is 0.576. The minimum atomic E-state index is -3.91. The van der Waals surface area contributed by atoms with Crippen LogP contribution in [0.5, 0.6) is 11.5 Å². The second kappa shape index (κ2) is 10.2. The largest absolute Gasteiger partial charge is 0.497 e. The van der Waals surface area contributed by atoms with Gasteiger partial charge in [0.15, 0.2) is 6.61 Å². The van der Waals surface area contributed by atoms with Gasteiger partial charge >= 0.3 is 5.97 Å². The molecule has 2 aromatic rings. The van der Waals surface area contributed by atoms with Crippen molar-refractivity contribution in [3.63, 3.8) is 0 Å². The molecule has 1 aliphatic heterocycles. The molecule has 0 saturated carbocycles. The van der Waals surface area contributed by atoms with Gasteiger partial charge in [0.1, 0.15) is 17.5 Å². The molecule has 172 valence electrons. The van der Waals surface area contributed by atoms with Crippen molar-refractivity contribution in [3.8, 4) is 11.5 Å². The van der Waals surface area contributed by atoms with E-state index >= 15 is 0 Å². The van der Waals surface area contributed by atoms with Gasteiger partial charge in [0.05, 0.1) is 24.8 Å². The number of nitrogens with one attached hydrogen (secondary N) is 1. The number of hydrogen-bond acceptors (Lipinski definition) is 7. The first-order valence-electron chi connectivity index (χ1n) is 9.72. The number of ether oxygens (including phenoxy) is 3. The molecule has 0 aliphatic carbocycles. The van der Waals surface area contributed by atoms with E-state index in [0.717, 1.165) is 4.31 Å². The van der Waals surface area contributed by atoms with E-state index in [1.54, 1.807) is 18.2 Å². The number of halogens is 1. The number of nitrogens with zero attached hydrogens (tertiary/aromatic N) is 1. The molecule has 1 heterocycles. The van der Waals surface area contributed by atoms with Gasteiger partial charge in [0.2, 0.25) is 10.0 Å². The van der Waals surface area contributed by atoms with Crippen LogP contribution >= 0.6 is 11.6 Å². The number of esters is 1. The van der Waals surface area contributed by atoms with Crippen LogP contribution in [0, 0.1) is 0 Å². The fraction of sp³-hybridized carbons (Fsp3) is 0.333. The summed E-state index contributed by atoms with van der Waals surface area (Å²) in [4.78, 5) is 24.9. The van der Waals surface area contributed by atoms with E-state index < -0.39 is 34.5 Å². The van der Waals surface area contributed by atoms with Crippen molar-refractivity contribution in [2.24, 2.45) is 0 Å². The van der Waals surface area contributed by atoms with Crippen LogP contribution in [-0.4, -0.2) is 58.0 Å². The third kappa shape index (κ3) is 5.32. The van der Waals surface area contributed by atoms with Gasteiger partial charge in [0, 0.05) is 17.6 Å². The van der Waals surface area contributed by atoms with Crippen molar-refractivity contribution >= 4 is 39.2 Å². The summed E-state index contributed by atoms with van der Waals surface area (Å²) in [6.07, 6.45) is 0.802. The predicted molar refractivity (Wildman–Crippen MR) is 118 cm³/mol. The minimum Gasteiger partial charge on any atom is -0.497 e. The van der Waals surface area contributed by atoms with Crippen LogP contribution in [0.25, 0.3) is 0 Å². The fourth-order valence-corrected chi connectivity index (χ4v) is 5.11. The number of amides is 1. The Labute approximate surface area is 191 Å². The van der Waals surface area contributed by atoms with Crippen molar-refractivity contribution in [1.29, 1.82) is 0 Å². The van der Waals surface area contributed by atoms with E-state index in [1.807, 2.05) is 0 Å². The van der Waals surface area contributed by atoms with Crippen LogP contribution in [0.15, 0.2) is 47.4 Å². The molecule has 9 nitrogen and oxygen atoms in total. The van der Waals surface area contributed by atoms with E-state index in [9.17, 15) is 18.0 Å². The topological polar surface area (TPSA) is 111 Å². The maximum atomic E-state index is 12.9. The fourth-order valence-electron chi connectivity index (χ4n) is 3.34. The number of carbonyl (C=O) groups is 2. The first-order chi connectivity index (χ1) is 15.3. The van der Waals surface area contributed by atoms with E-state index in [-0.39, 0.29) is 11.4 Å². The van der Waals surface area contributed by atoms with Crippen LogP contribution in [0.2, 0.25) is 5.02 Å². The molecule has 1 aliphatic rings. The Morgan fingerprint density at radius 1 is 1.12 bits per heavy atom. The van der Waals surface area contributed by atoms with Crippen molar-refractivity contribution < 1.29 is 32.2 Å². The molecule has 0 radical (unpaired) electrons. The van der Waals surface area contributed by atoms with Gasteiger partial charge in [-0.1, -0.05) is 11.6 Å². The van der Waals surface area contributed by atoms with Crippen LogP contribution in [0.4, 0.5) is 5.69 Å². The van der Waals surface area contributed by atoms with Crippen LogP contribution < -0.4 is 14.8 Å². The van der Waals surface area contributed by atoms with Crippen molar-refractivity contribution in [3.05, 3.63) is 47.5 Å². The number of rotatable bonds is 8. The molecule has 1 amide bonds. The van der Waals surface area contributed by atoms with Gasteiger partial charge in [-0.15, -0.1) is 0 Å². The maximum absolute atomic E-state index is 12.9. The number of methoxy groups -OCH3 is 2. The normalized spacial score (nSPS) is 16.4. The molecule has 0 spiro atoms. The number of hydrogen-bond donors (Lipinski definition) is 1. The Morgan fingerprint density at radius 3 is 2.50 bits per heavy atom. The lowest BCUT2D eigenvalue weighted by atomic mass is 10.2. The van der Waals surface area contributed by atoms with Gasteiger partial charge in [-0.05, 0) is 49.2 Å². The van der Waals surface area contributed by atoms with Crippen molar-refractivity contribution in [2.75, 3.05) is 32.7 Å². The predicted octanol–water partition coefficient (Wildman–Crippen LogP) is 2.69. The van der Waals surface area contributed by atoms with Crippen LogP contribution in [-0.2, 0) is 24.3 Å². The number of anilines is 1. The highest BCUT2D eigenvalue weighted by Gasteiger charge is 2.40. The zero-order chi connectivity index (χ0) is 23.3. The summed E-state index contributed by atoms with van der Waals surface area (Å²) in [6.45, 7) is -0.400. The van der Waals surface area contributed by atoms with Gasteiger partial charge in [-0.3, -0.25) is 9.59 Å². The molecule has 0 bridgehead atoms. The molecule has 1 unspecified atom stereocenters. The summed E-state index contributed by atoms with van der Waals surface area (Å²) in [7, 11) is -0.972. The first-order valence-corrected chi connectivity index (χ1v) is 11.5. The Hall–Kier alpha value is -2.82. The van der Waals surface area contributed by atoms with E-state index in [0.29, 0.717) is 35.1 Å². The summed E-state index contributed by atoms with van der Waals surface area (Å²) in [5.74, 6) is -0.476. The average molecular weight is 483 g/mol. The Morgan fingerprint density at radius 2 is 1.84 bits per heavy atom. The van der Waals surface area contributed by atoms with Crippen molar-refractivity contribution in [1.82, 2.24) is 4.31 Å². The maximum Gasteiger partial charge on any atom is 0.324 e. The van der Waals surface area contributed by atoms with Crippen LogP contribution in [0.1, 0.15) is 12.8 Å². The van der Waals surface area contributed by atoms with E-state index in [4.69, 9.17) is 25.8 Å². The third-order valence-electron chi connectivity index (χ3n) is 4.92. The molecule has 0 aromatic heterocycles. The monoisotopic (exact) mass is 482 g/mol. The third-order valence-corrected chi connectivity index (χ3v) is 7.10. The van der Waals surface area contributed by atoms with Crippen LogP contribution in [0.3, 0.4) is 0 Å². The van der Waals surface area contributed by atoms with Crippen molar-refractivity contribution in [2.45, 2.75) is 23.8 Å². The second-order valence-electron chi connectivity index (χ2n) is 6.95. The molecule has 32 heavy (non-hydrogen) atoms. The molecule has 3 rings (SSSR count). The lowest BCUT2D eigenvalue weighted by Crippen LogP contribution is -2.42. The highest BCUT2D eigenvalue weighted by atomic mass is 35.5. The second-order valence-corrected chi connectivity index (χ2v) is 9.28. The SMILES string of the molecule is COc1ccc(OC)c(NC(=O)COC(=O)C2CCCN2S(=O)(=O)c2ccc(Cl)cc2)c1. The summed E-state index contributed by atoms with van der Waals surface area (Å²) < 4.78 is 42.4. The van der Waals surface area contributed by atoms with Gasteiger partial charge in [0.25, 0.3) is 5.91 Å². The van der Waals surface area contributed by atoms with Gasteiger partial charge < -0.3 is 19.5 Å². The molecule has 1 saturated heterocycles. The number of sulfonamides is 1. The minimum absolute atomic E-state index is 0.0319. The Balaban J connectivity index is 1.64. The van der Waals surface area contributed by atoms with Gasteiger partial charge in [-0.2, -0.15) is 4.31 Å².